The highest BCUT2D eigenvalue weighted by atomic mass is 35.5. The van der Waals surface area contributed by atoms with Crippen LogP contribution in [0.15, 0.2) is 114 Å². The van der Waals surface area contributed by atoms with Gasteiger partial charge in [0.1, 0.15) is 22.8 Å². The molecular formula is C72H84Cl2F5N9O13. The molecule has 0 spiro atoms. The highest BCUT2D eigenvalue weighted by molar-refractivity contribution is 6.31. The van der Waals surface area contributed by atoms with Crippen molar-refractivity contribution in [3.63, 3.8) is 0 Å². The van der Waals surface area contributed by atoms with E-state index in [4.69, 9.17) is 61.1 Å². The number of aromatic nitrogens is 1. The number of pyridine rings is 1. The minimum atomic E-state index is -4.94. The van der Waals surface area contributed by atoms with Crippen LogP contribution in [0.3, 0.4) is 0 Å². The van der Waals surface area contributed by atoms with E-state index >= 15 is 8.78 Å². The van der Waals surface area contributed by atoms with Crippen LogP contribution in [-0.2, 0) is 49.5 Å². The molecule has 22 nitrogen and oxygen atoms in total. The Morgan fingerprint density at radius 3 is 1.75 bits per heavy atom. The Bertz CT molecular complexity index is 3870. The normalized spacial score (nSPS) is 17.1. The van der Waals surface area contributed by atoms with Gasteiger partial charge in [0.25, 0.3) is 17.7 Å². The number of nitrogens with zero attached hydrogens (tertiary/aromatic N) is 3. The van der Waals surface area contributed by atoms with Crippen LogP contribution < -0.4 is 41.8 Å². The van der Waals surface area contributed by atoms with Gasteiger partial charge in [-0.05, 0) is 96.2 Å². The van der Waals surface area contributed by atoms with Gasteiger partial charge in [-0.2, -0.15) is 18.4 Å². The Hall–Kier alpha value is -8.11. The van der Waals surface area contributed by atoms with Gasteiger partial charge in [0.2, 0.25) is 11.5 Å². The minimum Gasteiger partial charge on any atom is -0.495 e. The molecule has 1 aromatic heterocycles. The molecule has 544 valence electrons. The molecule has 0 unspecified atom stereocenters. The van der Waals surface area contributed by atoms with Crippen LogP contribution in [0.1, 0.15) is 80.9 Å². The molecule has 3 heterocycles. The predicted molar refractivity (Wildman–Crippen MR) is 371 cm³/mol. The van der Waals surface area contributed by atoms with Crippen molar-refractivity contribution in [3.8, 4) is 22.9 Å². The fraction of sp³-hybridized carbons (Fsp3) is 0.444. The molecule has 4 amide bonds. The molecule has 6 N–H and O–H groups in total. The summed E-state index contributed by atoms with van der Waals surface area (Å²) < 4.78 is 118. The molecule has 101 heavy (non-hydrogen) atoms. The highest BCUT2D eigenvalue weighted by Crippen LogP contribution is 2.53. The molecule has 4 atom stereocenters. The zero-order valence-corrected chi connectivity index (χ0v) is 58.3. The van der Waals surface area contributed by atoms with Gasteiger partial charge < -0.3 is 79.3 Å². The largest absolute Gasteiger partial charge is 0.495 e. The number of methoxy groups -OCH3 is 1. The Kier molecular flexibility index (Phi) is 29.3. The molecule has 0 saturated carbocycles. The van der Waals surface area contributed by atoms with E-state index in [0.29, 0.717) is 114 Å². The first-order valence-corrected chi connectivity index (χ1v) is 33.6. The molecule has 6 aromatic rings. The summed E-state index contributed by atoms with van der Waals surface area (Å²) in [5, 5.41) is 25.4. The van der Waals surface area contributed by atoms with E-state index in [1.807, 2.05) is 38.8 Å². The van der Waals surface area contributed by atoms with Crippen LogP contribution in [-0.4, -0.2) is 192 Å². The predicted octanol–water partition coefficient (Wildman–Crippen LogP) is 9.89. The molecule has 8 rings (SSSR count). The standard InChI is InChI=1S/C72H84Cl2F5N9O13/c1-70(2,3)43-61-71(45-80,53-16-15-50(73)41-56(53)75)63(51-7-6-8-55(74)64(51)76)65(86-61)69(93)84-57-17-13-49(40-60(57)94-5)67(91)82-20-26-96-28-30-98-32-34-100-36-38-101-37-35-99-33-31-97-29-27-95-25-19-81-66(90)47-11-9-46(10-12-47)48-14-18-59(88-23-21-87(4)22-24-88)58(39-48)85-68(92)52-44-83-62(89)42-54(52)72(77,78)79/h6-18,39-42,44,61,63,65,86H,19-38,43H2,1-5H3,(H,81,90)(H,82,91)(H,83,89)(H,84,93)(H,85,92)/t61-,63-,65+,71-/m0/s1. The second kappa shape index (κ2) is 37.7. The number of nitriles is 1. The maximum atomic E-state index is 16.2. The van der Waals surface area contributed by atoms with Gasteiger partial charge in [-0.15, -0.1) is 0 Å². The first kappa shape index (κ1) is 78.6. The number of alkyl halides is 3. The number of anilines is 3. The average molecular weight is 1450 g/mol. The van der Waals surface area contributed by atoms with E-state index in [1.165, 1.54) is 55.6 Å². The lowest BCUT2D eigenvalue weighted by Crippen LogP contribution is -2.45. The monoisotopic (exact) mass is 1450 g/mol. The van der Waals surface area contributed by atoms with Crippen LogP contribution in [0.4, 0.5) is 39.0 Å². The molecule has 2 aliphatic rings. The second-order valence-electron chi connectivity index (χ2n) is 25.1. The number of hydrogen-bond donors (Lipinski definition) is 6. The number of likely N-dealkylation sites (N-methyl/N-ethyl adjacent to an activating group) is 1. The number of aromatic amines is 1. The van der Waals surface area contributed by atoms with Crippen molar-refractivity contribution in [1.82, 2.24) is 25.8 Å². The summed E-state index contributed by atoms with van der Waals surface area (Å²) in [5.74, 6) is -5.27. The Labute approximate surface area is 592 Å². The van der Waals surface area contributed by atoms with Crippen molar-refractivity contribution in [3.05, 3.63) is 175 Å². The van der Waals surface area contributed by atoms with Crippen molar-refractivity contribution in [1.29, 1.82) is 5.26 Å². The first-order valence-electron chi connectivity index (χ1n) is 32.9. The summed E-state index contributed by atoms with van der Waals surface area (Å²) >= 11 is 12.5. The topological polar surface area (TPSA) is 265 Å². The zero-order chi connectivity index (χ0) is 72.7. The van der Waals surface area contributed by atoms with Crippen molar-refractivity contribution >= 4 is 63.9 Å². The summed E-state index contributed by atoms with van der Waals surface area (Å²) in [7, 11) is 3.35. The van der Waals surface area contributed by atoms with E-state index in [9.17, 15) is 42.4 Å². The zero-order valence-electron chi connectivity index (χ0n) is 56.8. The fourth-order valence-electron chi connectivity index (χ4n) is 11.8. The molecule has 2 fully saturated rings. The molecule has 0 aliphatic carbocycles. The first-order chi connectivity index (χ1) is 48.4. The molecule has 5 aromatic carbocycles. The third kappa shape index (κ3) is 22.0. The number of carbonyl (C=O) groups excluding carboxylic acids is 4. The number of hydrogen-bond acceptors (Lipinski definition) is 17. The third-order valence-electron chi connectivity index (χ3n) is 16.8. The summed E-state index contributed by atoms with van der Waals surface area (Å²) in [6.45, 7) is 13.4. The van der Waals surface area contributed by atoms with Gasteiger partial charge >= 0.3 is 6.18 Å². The smallest absolute Gasteiger partial charge is 0.417 e. The number of piperazine rings is 1. The SMILES string of the molecule is COc1cc(C(=O)NCCOCCOCCOCCOCCOCCOCCOCCNC(=O)c2ccc(-c3ccc(N4CCN(C)CC4)c(NC(=O)c4c[nH]c(=O)cc4C(F)(F)F)c3)cc2)ccc1NC(=O)[C@@H]1N[C@@H](CC(C)(C)C)[C@](C#N)(c2ccc(Cl)cc2F)[C@H]1c1cccc(Cl)c1F. The number of ether oxygens (including phenoxy) is 8. The van der Waals surface area contributed by atoms with Crippen molar-refractivity contribution in [2.24, 2.45) is 5.41 Å². The molecule has 0 bridgehead atoms. The van der Waals surface area contributed by atoms with Crippen molar-refractivity contribution < 1.29 is 79.0 Å². The number of benzene rings is 5. The molecule has 2 aliphatic heterocycles. The van der Waals surface area contributed by atoms with Gasteiger partial charge in [0, 0.05) is 85.2 Å². The van der Waals surface area contributed by atoms with Crippen LogP contribution in [0.2, 0.25) is 10.0 Å². The van der Waals surface area contributed by atoms with E-state index in [0.717, 1.165) is 25.4 Å². The summed E-state index contributed by atoms with van der Waals surface area (Å²) in [4.78, 5) is 72.2. The Morgan fingerprint density at radius 2 is 1.21 bits per heavy atom. The maximum absolute atomic E-state index is 16.2. The van der Waals surface area contributed by atoms with Gasteiger partial charge in [-0.3, -0.25) is 24.0 Å². The number of rotatable bonds is 36. The lowest BCUT2D eigenvalue weighted by molar-refractivity contribution is -0.138. The molecule has 29 heteroatoms. The van der Waals surface area contributed by atoms with Gasteiger partial charge in [0.05, 0.1) is 145 Å². The van der Waals surface area contributed by atoms with Crippen LogP contribution in [0.25, 0.3) is 11.1 Å². The number of H-pyrrole nitrogens is 1. The summed E-state index contributed by atoms with van der Waals surface area (Å²) in [5.41, 5.74) is -2.41. The summed E-state index contributed by atoms with van der Waals surface area (Å²) in [6.07, 6.45) is -3.90. The van der Waals surface area contributed by atoms with Crippen LogP contribution in [0, 0.1) is 28.4 Å². The van der Waals surface area contributed by atoms with E-state index in [1.54, 1.807) is 36.4 Å². The van der Waals surface area contributed by atoms with E-state index in [-0.39, 0.29) is 89.1 Å². The highest BCUT2D eigenvalue weighted by Gasteiger charge is 2.61. The van der Waals surface area contributed by atoms with Crippen LogP contribution in [0.5, 0.6) is 5.75 Å². The maximum Gasteiger partial charge on any atom is 0.417 e. The minimum absolute atomic E-state index is 0.0581. The lowest BCUT2D eigenvalue weighted by atomic mass is 9.62. The number of carbonyl (C=O) groups is 4. The summed E-state index contributed by atoms with van der Waals surface area (Å²) in [6, 6.07) is 25.2. The van der Waals surface area contributed by atoms with Crippen LogP contribution >= 0.6 is 23.2 Å². The quantitative estimate of drug-likeness (QED) is 0.0158. The van der Waals surface area contributed by atoms with Crippen molar-refractivity contribution in [2.45, 2.75) is 56.8 Å². The van der Waals surface area contributed by atoms with E-state index in [2.05, 4.69) is 42.5 Å². The number of nitrogens with one attached hydrogen (secondary N) is 6. The van der Waals surface area contributed by atoms with Gasteiger partial charge in [0.15, 0.2) is 0 Å². The Balaban J connectivity index is 0.634. The Morgan fingerprint density at radius 1 is 0.653 bits per heavy atom. The van der Waals surface area contributed by atoms with Gasteiger partial charge in [-0.25, -0.2) is 8.78 Å². The van der Waals surface area contributed by atoms with E-state index < -0.39 is 81.1 Å². The van der Waals surface area contributed by atoms with Crippen molar-refractivity contribution in [2.75, 3.05) is 161 Å². The third-order valence-corrected chi connectivity index (χ3v) is 17.3. The lowest BCUT2D eigenvalue weighted by Gasteiger charge is -2.37. The molecule has 0 radical (unpaired) electrons. The number of halogens is 7. The average Bonchev–Trinajstić information content (AvgIpc) is 1.57. The molecule has 2 saturated heterocycles. The second-order valence-corrected chi connectivity index (χ2v) is 25.9. The fourth-order valence-corrected chi connectivity index (χ4v) is 12.2. The van der Waals surface area contributed by atoms with Gasteiger partial charge in [-0.1, -0.05) is 80.4 Å². The number of amides is 4. The molecular weight excluding hydrogens is 1360 g/mol.